The molecule has 122 valence electrons. The van der Waals surface area contributed by atoms with Crippen molar-refractivity contribution in [3.05, 3.63) is 96.1 Å². The minimum atomic E-state index is -0.279. The van der Waals surface area contributed by atoms with Gasteiger partial charge in [-0.2, -0.15) is 0 Å². The zero-order valence-electron chi connectivity index (χ0n) is 13.2. The van der Waals surface area contributed by atoms with Crippen LogP contribution in [0.5, 0.6) is 0 Å². The minimum Gasteiger partial charge on any atom is -0.352 e. The average molecular weight is 322 g/mol. The second-order valence-corrected chi connectivity index (χ2v) is 5.66. The number of halogens is 1. The van der Waals surface area contributed by atoms with Gasteiger partial charge in [-0.25, -0.2) is 4.39 Å². The van der Waals surface area contributed by atoms with Crippen LogP contribution in [0.15, 0.2) is 79.1 Å². The van der Waals surface area contributed by atoms with Crippen molar-refractivity contribution in [3.8, 4) is 0 Å². The molecule has 1 heterocycles. The van der Waals surface area contributed by atoms with E-state index in [0.717, 1.165) is 11.1 Å². The SMILES string of the molecule is O=C(C[C@@H](c1ccc(F)cc1)n1cccc1)NCc1ccccc1. The van der Waals surface area contributed by atoms with Gasteiger partial charge >= 0.3 is 0 Å². The van der Waals surface area contributed by atoms with Crippen LogP contribution in [0.2, 0.25) is 0 Å². The molecule has 24 heavy (non-hydrogen) atoms. The minimum absolute atomic E-state index is 0.0399. The molecule has 2 aromatic carbocycles. The molecule has 0 aliphatic carbocycles. The monoisotopic (exact) mass is 322 g/mol. The van der Waals surface area contributed by atoms with Gasteiger partial charge in [-0.15, -0.1) is 0 Å². The second-order valence-electron chi connectivity index (χ2n) is 5.66. The molecule has 1 amide bonds. The number of carbonyl (C=O) groups is 1. The maximum absolute atomic E-state index is 13.2. The normalized spacial score (nSPS) is 11.9. The van der Waals surface area contributed by atoms with Gasteiger partial charge < -0.3 is 9.88 Å². The number of nitrogens with one attached hydrogen (secondary N) is 1. The predicted octanol–water partition coefficient (Wildman–Crippen LogP) is 3.92. The first-order valence-electron chi connectivity index (χ1n) is 7.91. The van der Waals surface area contributed by atoms with Crippen molar-refractivity contribution < 1.29 is 9.18 Å². The number of aromatic nitrogens is 1. The Morgan fingerprint density at radius 2 is 1.62 bits per heavy atom. The van der Waals surface area contributed by atoms with Crippen LogP contribution < -0.4 is 5.32 Å². The Kier molecular flexibility index (Phi) is 5.06. The zero-order valence-corrected chi connectivity index (χ0v) is 13.2. The molecule has 0 aliphatic heterocycles. The number of amides is 1. The van der Waals surface area contributed by atoms with E-state index in [4.69, 9.17) is 0 Å². The smallest absolute Gasteiger partial charge is 0.222 e. The van der Waals surface area contributed by atoms with Gasteiger partial charge in [0.1, 0.15) is 5.82 Å². The van der Waals surface area contributed by atoms with E-state index in [0.29, 0.717) is 13.0 Å². The molecule has 4 heteroatoms. The lowest BCUT2D eigenvalue weighted by atomic mass is 10.0. The summed E-state index contributed by atoms with van der Waals surface area (Å²) in [6, 6.07) is 19.8. The van der Waals surface area contributed by atoms with Crippen LogP contribution in [0.4, 0.5) is 4.39 Å². The van der Waals surface area contributed by atoms with Crippen molar-refractivity contribution in [1.82, 2.24) is 9.88 Å². The fraction of sp³-hybridized carbons (Fsp3) is 0.150. The fourth-order valence-corrected chi connectivity index (χ4v) is 2.68. The van der Waals surface area contributed by atoms with Crippen LogP contribution >= 0.6 is 0 Å². The van der Waals surface area contributed by atoms with Gasteiger partial charge in [0.2, 0.25) is 5.91 Å². The summed E-state index contributed by atoms with van der Waals surface area (Å²) in [6.07, 6.45) is 4.13. The highest BCUT2D eigenvalue weighted by Crippen LogP contribution is 2.22. The van der Waals surface area contributed by atoms with Crippen LogP contribution in [0.25, 0.3) is 0 Å². The van der Waals surface area contributed by atoms with Crippen molar-refractivity contribution in [1.29, 1.82) is 0 Å². The van der Waals surface area contributed by atoms with Gasteiger partial charge in [0.15, 0.2) is 0 Å². The first kappa shape index (κ1) is 16.0. The Bertz CT molecular complexity index is 767. The number of benzene rings is 2. The highest BCUT2D eigenvalue weighted by Gasteiger charge is 2.17. The van der Waals surface area contributed by atoms with Gasteiger partial charge in [0, 0.05) is 18.9 Å². The summed E-state index contributed by atoms with van der Waals surface area (Å²) >= 11 is 0. The Hall–Kier alpha value is -2.88. The molecule has 0 bridgehead atoms. The average Bonchev–Trinajstić information content (AvgIpc) is 3.14. The highest BCUT2D eigenvalue weighted by molar-refractivity contribution is 5.76. The quantitative estimate of drug-likeness (QED) is 0.733. The van der Waals surface area contributed by atoms with E-state index in [1.54, 1.807) is 12.1 Å². The number of carbonyl (C=O) groups excluding carboxylic acids is 1. The van der Waals surface area contributed by atoms with Crippen LogP contribution in [-0.2, 0) is 11.3 Å². The number of hydrogen-bond acceptors (Lipinski definition) is 1. The Morgan fingerprint density at radius 1 is 0.958 bits per heavy atom. The van der Waals surface area contributed by atoms with Crippen LogP contribution in [0.3, 0.4) is 0 Å². The molecule has 0 aliphatic rings. The van der Waals surface area contributed by atoms with E-state index in [-0.39, 0.29) is 17.8 Å². The van der Waals surface area contributed by atoms with E-state index in [9.17, 15) is 9.18 Å². The molecule has 1 N–H and O–H groups in total. The molecule has 3 nitrogen and oxygen atoms in total. The van der Waals surface area contributed by atoms with E-state index in [2.05, 4.69) is 5.32 Å². The van der Waals surface area contributed by atoms with Crippen LogP contribution in [0, 0.1) is 5.82 Å². The maximum Gasteiger partial charge on any atom is 0.222 e. The highest BCUT2D eigenvalue weighted by atomic mass is 19.1. The van der Waals surface area contributed by atoms with Crippen molar-refractivity contribution in [3.63, 3.8) is 0 Å². The first-order valence-corrected chi connectivity index (χ1v) is 7.91. The Morgan fingerprint density at radius 3 is 2.29 bits per heavy atom. The largest absolute Gasteiger partial charge is 0.352 e. The standard InChI is InChI=1S/C20H19FN2O/c21-18-10-8-17(9-11-18)19(23-12-4-5-13-23)14-20(24)22-15-16-6-2-1-3-7-16/h1-13,19H,14-15H2,(H,22,24)/t19-/m0/s1. The van der Waals surface area contributed by atoms with Gasteiger partial charge in [-0.05, 0) is 35.4 Å². The maximum atomic E-state index is 13.2. The van der Waals surface area contributed by atoms with Crippen LogP contribution in [0.1, 0.15) is 23.6 Å². The number of hydrogen-bond donors (Lipinski definition) is 1. The molecule has 0 radical (unpaired) electrons. The van der Waals surface area contributed by atoms with Gasteiger partial charge in [-0.3, -0.25) is 4.79 Å². The lowest BCUT2D eigenvalue weighted by Crippen LogP contribution is -2.26. The second kappa shape index (κ2) is 7.59. The third-order valence-electron chi connectivity index (χ3n) is 3.95. The molecule has 0 fully saturated rings. The Balaban J connectivity index is 1.70. The van der Waals surface area contributed by atoms with Crippen LogP contribution in [-0.4, -0.2) is 10.5 Å². The molecule has 3 rings (SSSR count). The topological polar surface area (TPSA) is 34.0 Å². The van der Waals surface area contributed by atoms with Crippen molar-refractivity contribution in [2.24, 2.45) is 0 Å². The molecular formula is C20H19FN2O. The molecule has 0 saturated heterocycles. The molecule has 0 spiro atoms. The molecule has 1 aromatic heterocycles. The number of rotatable bonds is 6. The molecule has 3 aromatic rings. The van der Waals surface area contributed by atoms with Gasteiger partial charge in [-0.1, -0.05) is 42.5 Å². The summed E-state index contributed by atoms with van der Waals surface area (Å²) in [6.45, 7) is 0.501. The summed E-state index contributed by atoms with van der Waals surface area (Å²) in [5.74, 6) is -0.319. The summed E-state index contributed by atoms with van der Waals surface area (Å²) in [4.78, 5) is 12.4. The third kappa shape index (κ3) is 4.10. The van der Waals surface area contributed by atoms with Crippen molar-refractivity contribution in [2.75, 3.05) is 0 Å². The van der Waals surface area contributed by atoms with Crippen molar-refractivity contribution >= 4 is 5.91 Å². The fourth-order valence-electron chi connectivity index (χ4n) is 2.68. The third-order valence-corrected chi connectivity index (χ3v) is 3.95. The van der Waals surface area contributed by atoms with E-state index in [1.807, 2.05) is 59.4 Å². The predicted molar refractivity (Wildman–Crippen MR) is 91.9 cm³/mol. The molecular weight excluding hydrogens is 303 g/mol. The summed E-state index contributed by atoms with van der Waals surface area (Å²) < 4.78 is 15.1. The van der Waals surface area contributed by atoms with E-state index < -0.39 is 0 Å². The molecule has 0 saturated carbocycles. The first-order chi connectivity index (χ1) is 11.7. The molecule has 1 atom stereocenters. The van der Waals surface area contributed by atoms with E-state index in [1.165, 1.54) is 12.1 Å². The van der Waals surface area contributed by atoms with Gasteiger partial charge in [0.05, 0.1) is 12.5 Å². The lowest BCUT2D eigenvalue weighted by Gasteiger charge is -2.19. The Labute approximate surface area is 140 Å². The zero-order chi connectivity index (χ0) is 16.8. The van der Waals surface area contributed by atoms with E-state index >= 15 is 0 Å². The lowest BCUT2D eigenvalue weighted by molar-refractivity contribution is -0.121. The molecule has 0 unspecified atom stereocenters. The summed E-state index contributed by atoms with van der Waals surface area (Å²) in [5.41, 5.74) is 1.97. The summed E-state index contributed by atoms with van der Waals surface area (Å²) in [7, 11) is 0. The van der Waals surface area contributed by atoms with Gasteiger partial charge in [0.25, 0.3) is 0 Å². The number of nitrogens with zero attached hydrogens (tertiary/aromatic N) is 1. The van der Waals surface area contributed by atoms with Crippen molar-refractivity contribution in [2.45, 2.75) is 19.0 Å². The summed E-state index contributed by atoms with van der Waals surface area (Å²) in [5, 5.41) is 2.95.